The number of fused-ring (bicyclic) bond motifs is 1. The van der Waals surface area contributed by atoms with Crippen LogP contribution in [0, 0.1) is 0 Å². The van der Waals surface area contributed by atoms with Crippen LogP contribution in [0.5, 0.6) is 0 Å². The van der Waals surface area contributed by atoms with Gasteiger partial charge in [-0.1, -0.05) is 52.3 Å². The van der Waals surface area contributed by atoms with Crippen molar-refractivity contribution >= 4 is 15.9 Å². The van der Waals surface area contributed by atoms with E-state index in [-0.39, 0.29) is 12.1 Å². The lowest BCUT2D eigenvalue weighted by Crippen LogP contribution is -2.43. The zero-order valence-corrected chi connectivity index (χ0v) is 12.9. The fraction of sp³-hybridized carbons (Fsp3) is 0.294. The van der Waals surface area contributed by atoms with Crippen molar-refractivity contribution in [2.75, 3.05) is 6.61 Å². The smallest absolute Gasteiger partial charge is 0.0677 e. The SMILES string of the molecule is OCC1(NCc2cccc(Br)c2)CCc2ccccc21. The molecule has 0 aliphatic heterocycles. The summed E-state index contributed by atoms with van der Waals surface area (Å²) in [6.45, 7) is 0.895. The molecule has 1 aliphatic rings. The van der Waals surface area contributed by atoms with E-state index < -0.39 is 0 Å². The minimum Gasteiger partial charge on any atom is -0.394 e. The predicted octanol–water partition coefficient (Wildman–Crippen LogP) is 3.37. The monoisotopic (exact) mass is 331 g/mol. The van der Waals surface area contributed by atoms with Gasteiger partial charge in [-0.3, -0.25) is 0 Å². The molecular formula is C17H18BrNO. The number of hydrogen-bond acceptors (Lipinski definition) is 2. The summed E-state index contributed by atoms with van der Waals surface area (Å²) < 4.78 is 1.08. The maximum Gasteiger partial charge on any atom is 0.0677 e. The summed E-state index contributed by atoms with van der Waals surface area (Å²) >= 11 is 3.49. The topological polar surface area (TPSA) is 32.3 Å². The normalized spacial score (nSPS) is 20.9. The van der Waals surface area contributed by atoms with Crippen LogP contribution in [0.25, 0.3) is 0 Å². The first kappa shape index (κ1) is 13.8. The standard InChI is InChI=1S/C17H18BrNO/c18-15-6-3-4-13(10-15)11-19-17(12-20)9-8-14-5-1-2-7-16(14)17/h1-7,10,19-20H,8-9,11-12H2. The summed E-state index contributed by atoms with van der Waals surface area (Å²) in [6.07, 6.45) is 1.99. The fourth-order valence-electron chi connectivity index (χ4n) is 3.01. The fourth-order valence-corrected chi connectivity index (χ4v) is 3.46. The summed E-state index contributed by atoms with van der Waals surface area (Å²) in [7, 11) is 0. The number of aryl methyl sites for hydroxylation is 1. The molecule has 0 aromatic heterocycles. The van der Waals surface area contributed by atoms with Crippen molar-refractivity contribution in [3.8, 4) is 0 Å². The van der Waals surface area contributed by atoms with Crippen molar-refractivity contribution in [2.24, 2.45) is 0 Å². The van der Waals surface area contributed by atoms with Crippen LogP contribution < -0.4 is 5.32 Å². The van der Waals surface area contributed by atoms with E-state index in [9.17, 15) is 5.11 Å². The third-order valence-electron chi connectivity index (χ3n) is 4.14. The Kier molecular flexibility index (Phi) is 3.92. The number of rotatable bonds is 4. The quantitative estimate of drug-likeness (QED) is 0.900. The minimum atomic E-state index is -0.293. The Bertz CT molecular complexity index is 613. The summed E-state index contributed by atoms with van der Waals surface area (Å²) in [4.78, 5) is 0. The molecule has 3 heteroatoms. The van der Waals surface area contributed by atoms with Gasteiger partial charge < -0.3 is 10.4 Å². The lowest BCUT2D eigenvalue weighted by Gasteiger charge is -2.30. The summed E-state index contributed by atoms with van der Waals surface area (Å²) in [5.41, 5.74) is 3.52. The van der Waals surface area contributed by atoms with Crippen LogP contribution in [0.1, 0.15) is 23.1 Å². The number of hydrogen-bond donors (Lipinski definition) is 2. The molecule has 0 bridgehead atoms. The van der Waals surface area contributed by atoms with Crippen molar-refractivity contribution in [1.82, 2.24) is 5.32 Å². The lowest BCUT2D eigenvalue weighted by atomic mass is 9.92. The molecule has 3 rings (SSSR count). The van der Waals surface area contributed by atoms with Crippen molar-refractivity contribution in [3.63, 3.8) is 0 Å². The Hall–Kier alpha value is -1.16. The third kappa shape index (κ3) is 2.53. The maximum absolute atomic E-state index is 9.92. The molecule has 1 unspecified atom stereocenters. The molecule has 0 saturated carbocycles. The summed E-state index contributed by atoms with van der Waals surface area (Å²) in [6, 6.07) is 16.7. The van der Waals surface area contributed by atoms with E-state index in [2.05, 4.69) is 57.6 Å². The highest BCUT2D eigenvalue weighted by Gasteiger charge is 2.37. The second kappa shape index (κ2) is 5.68. The van der Waals surface area contributed by atoms with Gasteiger partial charge in [0.2, 0.25) is 0 Å². The van der Waals surface area contributed by atoms with Gasteiger partial charge in [0, 0.05) is 11.0 Å². The highest BCUT2D eigenvalue weighted by molar-refractivity contribution is 9.10. The van der Waals surface area contributed by atoms with Gasteiger partial charge in [0.25, 0.3) is 0 Å². The lowest BCUT2D eigenvalue weighted by molar-refractivity contribution is 0.159. The van der Waals surface area contributed by atoms with Crippen molar-refractivity contribution < 1.29 is 5.11 Å². The second-order valence-electron chi connectivity index (χ2n) is 5.38. The van der Waals surface area contributed by atoms with Crippen LogP contribution in [0.3, 0.4) is 0 Å². The van der Waals surface area contributed by atoms with Crippen LogP contribution in [-0.2, 0) is 18.5 Å². The largest absolute Gasteiger partial charge is 0.394 e. The highest BCUT2D eigenvalue weighted by atomic mass is 79.9. The molecule has 1 atom stereocenters. The molecule has 0 spiro atoms. The Morgan fingerprint density at radius 3 is 2.80 bits per heavy atom. The van der Waals surface area contributed by atoms with E-state index in [1.165, 1.54) is 16.7 Å². The maximum atomic E-state index is 9.92. The van der Waals surface area contributed by atoms with Gasteiger partial charge in [0.05, 0.1) is 12.1 Å². The molecule has 20 heavy (non-hydrogen) atoms. The number of aliphatic hydroxyl groups is 1. The summed E-state index contributed by atoms with van der Waals surface area (Å²) in [5.74, 6) is 0. The highest BCUT2D eigenvalue weighted by Crippen LogP contribution is 2.36. The van der Waals surface area contributed by atoms with Crippen LogP contribution in [0.15, 0.2) is 53.0 Å². The van der Waals surface area contributed by atoms with Crippen LogP contribution in [0.4, 0.5) is 0 Å². The average molecular weight is 332 g/mol. The van der Waals surface area contributed by atoms with Gasteiger partial charge in [0.15, 0.2) is 0 Å². The van der Waals surface area contributed by atoms with Gasteiger partial charge in [0.1, 0.15) is 0 Å². The van der Waals surface area contributed by atoms with Gasteiger partial charge in [-0.25, -0.2) is 0 Å². The molecule has 2 aromatic carbocycles. The molecule has 2 aromatic rings. The van der Waals surface area contributed by atoms with Gasteiger partial charge >= 0.3 is 0 Å². The van der Waals surface area contributed by atoms with E-state index in [4.69, 9.17) is 0 Å². The summed E-state index contributed by atoms with van der Waals surface area (Å²) in [5, 5.41) is 13.5. The van der Waals surface area contributed by atoms with E-state index in [0.717, 1.165) is 23.9 Å². The van der Waals surface area contributed by atoms with Crippen molar-refractivity contribution in [3.05, 3.63) is 69.7 Å². The molecule has 1 aliphatic carbocycles. The number of aliphatic hydroxyl groups excluding tert-OH is 1. The molecular weight excluding hydrogens is 314 g/mol. The Labute approximate surface area is 128 Å². The molecule has 2 N–H and O–H groups in total. The second-order valence-corrected chi connectivity index (χ2v) is 6.30. The first-order chi connectivity index (χ1) is 9.73. The molecule has 0 fully saturated rings. The molecule has 0 amide bonds. The average Bonchev–Trinajstić information content (AvgIpc) is 2.85. The first-order valence-corrected chi connectivity index (χ1v) is 7.71. The Balaban J connectivity index is 1.82. The predicted molar refractivity (Wildman–Crippen MR) is 84.5 cm³/mol. The van der Waals surface area contributed by atoms with Crippen molar-refractivity contribution in [2.45, 2.75) is 24.9 Å². The minimum absolute atomic E-state index is 0.137. The number of halogens is 1. The zero-order chi connectivity index (χ0) is 14.0. The first-order valence-electron chi connectivity index (χ1n) is 6.92. The van der Waals surface area contributed by atoms with E-state index >= 15 is 0 Å². The van der Waals surface area contributed by atoms with E-state index in [1.54, 1.807) is 0 Å². The van der Waals surface area contributed by atoms with Crippen LogP contribution >= 0.6 is 15.9 Å². The molecule has 0 saturated heterocycles. The number of benzene rings is 2. The Morgan fingerprint density at radius 2 is 2.00 bits per heavy atom. The van der Waals surface area contributed by atoms with Gasteiger partial charge in [-0.05, 0) is 41.7 Å². The van der Waals surface area contributed by atoms with Crippen LogP contribution in [-0.4, -0.2) is 11.7 Å². The molecule has 0 radical (unpaired) electrons. The van der Waals surface area contributed by atoms with Gasteiger partial charge in [-0.15, -0.1) is 0 Å². The van der Waals surface area contributed by atoms with E-state index in [1.807, 2.05) is 12.1 Å². The zero-order valence-electron chi connectivity index (χ0n) is 11.3. The molecule has 0 heterocycles. The third-order valence-corrected chi connectivity index (χ3v) is 4.64. The van der Waals surface area contributed by atoms with Crippen molar-refractivity contribution in [1.29, 1.82) is 0 Å². The van der Waals surface area contributed by atoms with Gasteiger partial charge in [-0.2, -0.15) is 0 Å². The van der Waals surface area contributed by atoms with Crippen LogP contribution in [0.2, 0.25) is 0 Å². The van der Waals surface area contributed by atoms with E-state index in [0.29, 0.717) is 0 Å². The molecule has 104 valence electrons. The molecule has 2 nitrogen and oxygen atoms in total. The number of nitrogens with one attached hydrogen (secondary N) is 1. The Morgan fingerprint density at radius 1 is 1.15 bits per heavy atom.